The number of nitrogens with zero attached hydrogens (tertiary/aromatic N) is 2. The average molecular weight is 432 g/mol. The van der Waals surface area contributed by atoms with E-state index in [1.54, 1.807) is 0 Å². The summed E-state index contributed by atoms with van der Waals surface area (Å²) >= 11 is 0. The average Bonchev–Trinajstić information content (AvgIpc) is 2.73. The summed E-state index contributed by atoms with van der Waals surface area (Å²) in [5.74, 6) is 0.706. The predicted molar refractivity (Wildman–Crippen MR) is 119 cm³/mol. The Labute approximate surface area is 177 Å². The highest BCUT2D eigenvalue weighted by Crippen LogP contribution is 2.18. The maximum Gasteiger partial charge on any atom is 0.213 e. The standard InChI is InChI=1S/C20H41N5O3S/c1-3-18-9-5-7-13-25(18)14-11-22-20(21-4-2)23-12-16-29(26,27)24-17-19-10-6-8-15-28-19/h18-19,24H,3-17H2,1-2H3,(H2,21,22,23). The Balaban J connectivity index is 1.70. The summed E-state index contributed by atoms with van der Waals surface area (Å²) < 4.78 is 32.7. The maximum absolute atomic E-state index is 12.2. The molecule has 2 aliphatic heterocycles. The summed E-state index contributed by atoms with van der Waals surface area (Å²) in [4.78, 5) is 7.17. The van der Waals surface area contributed by atoms with Gasteiger partial charge in [-0.1, -0.05) is 13.3 Å². The molecule has 29 heavy (non-hydrogen) atoms. The lowest BCUT2D eigenvalue weighted by Gasteiger charge is -2.34. The Kier molecular flexibility index (Phi) is 11.3. The van der Waals surface area contributed by atoms with E-state index in [1.165, 1.54) is 25.7 Å². The number of nitrogens with one attached hydrogen (secondary N) is 3. The van der Waals surface area contributed by atoms with Crippen molar-refractivity contribution in [1.29, 1.82) is 0 Å². The molecule has 0 aliphatic carbocycles. The monoisotopic (exact) mass is 431 g/mol. The van der Waals surface area contributed by atoms with Gasteiger partial charge in [0.25, 0.3) is 0 Å². The van der Waals surface area contributed by atoms with E-state index in [2.05, 4.69) is 32.2 Å². The van der Waals surface area contributed by atoms with Gasteiger partial charge in [-0.2, -0.15) is 0 Å². The Morgan fingerprint density at radius 2 is 1.97 bits per heavy atom. The molecular formula is C20H41N5O3S. The van der Waals surface area contributed by atoms with Crippen molar-refractivity contribution >= 4 is 16.0 Å². The van der Waals surface area contributed by atoms with Gasteiger partial charge in [-0.05, 0) is 52.0 Å². The molecule has 0 aromatic carbocycles. The minimum Gasteiger partial charge on any atom is -0.377 e. The molecule has 170 valence electrons. The van der Waals surface area contributed by atoms with Crippen molar-refractivity contribution in [1.82, 2.24) is 20.3 Å². The topological polar surface area (TPSA) is 95.1 Å². The molecule has 0 radical (unpaired) electrons. The second-order valence-electron chi connectivity index (χ2n) is 7.94. The summed E-state index contributed by atoms with van der Waals surface area (Å²) in [5, 5.41) is 6.35. The van der Waals surface area contributed by atoms with Gasteiger partial charge in [0, 0.05) is 38.8 Å². The van der Waals surface area contributed by atoms with Gasteiger partial charge in [-0.15, -0.1) is 0 Å². The molecule has 2 unspecified atom stereocenters. The van der Waals surface area contributed by atoms with Crippen LogP contribution in [0.2, 0.25) is 0 Å². The van der Waals surface area contributed by atoms with E-state index in [1.807, 2.05) is 6.92 Å². The van der Waals surface area contributed by atoms with Gasteiger partial charge in [0.1, 0.15) is 0 Å². The van der Waals surface area contributed by atoms with Crippen molar-refractivity contribution in [2.24, 2.45) is 4.99 Å². The first-order valence-corrected chi connectivity index (χ1v) is 13.0. The fourth-order valence-corrected chi connectivity index (χ4v) is 4.97. The largest absolute Gasteiger partial charge is 0.377 e. The fraction of sp³-hybridized carbons (Fsp3) is 0.950. The van der Waals surface area contributed by atoms with E-state index < -0.39 is 10.0 Å². The maximum atomic E-state index is 12.2. The number of ether oxygens (including phenoxy) is 1. The molecule has 0 bridgehead atoms. The van der Waals surface area contributed by atoms with Gasteiger partial charge in [-0.3, -0.25) is 9.89 Å². The van der Waals surface area contributed by atoms with Crippen molar-refractivity contribution in [3.05, 3.63) is 0 Å². The van der Waals surface area contributed by atoms with Gasteiger partial charge in [0.05, 0.1) is 18.4 Å². The summed E-state index contributed by atoms with van der Waals surface area (Å²) in [6.07, 6.45) is 8.19. The first kappa shape index (κ1) is 24.4. The van der Waals surface area contributed by atoms with Crippen LogP contribution in [0.1, 0.15) is 58.8 Å². The Bertz CT molecular complexity index is 579. The van der Waals surface area contributed by atoms with E-state index in [4.69, 9.17) is 4.74 Å². The van der Waals surface area contributed by atoms with Crippen LogP contribution in [-0.2, 0) is 14.8 Å². The van der Waals surface area contributed by atoms with Crippen LogP contribution in [-0.4, -0.2) is 83.1 Å². The van der Waals surface area contributed by atoms with Crippen LogP contribution < -0.4 is 15.4 Å². The highest BCUT2D eigenvalue weighted by molar-refractivity contribution is 7.89. The van der Waals surface area contributed by atoms with Crippen LogP contribution in [0.25, 0.3) is 0 Å². The lowest BCUT2D eigenvalue weighted by atomic mass is 10.0. The molecule has 8 nitrogen and oxygen atoms in total. The molecule has 0 spiro atoms. The zero-order chi connectivity index (χ0) is 21.0. The van der Waals surface area contributed by atoms with Crippen LogP contribution in [0.4, 0.5) is 0 Å². The Morgan fingerprint density at radius 3 is 2.69 bits per heavy atom. The summed E-state index contributed by atoms with van der Waals surface area (Å²) in [6, 6.07) is 0.679. The summed E-state index contributed by atoms with van der Waals surface area (Å²) in [5.41, 5.74) is 0. The molecular weight excluding hydrogens is 390 g/mol. The third-order valence-electron chi connectivity index (χ3n) is 5.69. The predicted octanol–water partition coefficient (Wildman–Crippen LogP) is 1.29. The molecule has 0 amide bonds. The molecule has 2 atom stereocenters. The molecule has 2 fully saturated rings. The van der Waals surface area contributed by atoms with Crippen LogP contribution in [0, 0.1) is 0 Å². The molecule has 0 aromatic rings. The molecule has 0 saturated carbocycles. The number of likely N-dealkylation sites (tertiary alicyclic amines) is 1. The van der Waals surface area contributed by atoms with Gasteiger partial charge in [-0.25, -0.2) is 13.1 Å². The van der Waals surface area contributed by atoms with Crippen molar-refractivity contribution < 1.29 is 13.2 Å². The number of hydrogen-bond acceptors (Lipinski definition) is 5. The third kappa shape index (κ3) is 9.63. The van der Waals surface area contributed by atoms with Gasteiger partial charge >= 0.3 is 0 Å². The van der Waals surface area contributed by atoms with E-state index in [0.717, 1.165) is 52.0 Å². The minimum absolute atomic E-state index is 0.00657. The molecule has 2 saturated heterocycles. The molecule has 0 aromatic heterocycles. The molecule has 2 rings (SSSR count). The smallest absolute Gasteiger partial charge is 0.213 e. The van der Waals surface area contributed by atoms with Gasteiger partial charge in [0.15, 0.2) is 5.96 Å². The van der Waals surface area contributed by atoms with Crippen molar-refractivity contribution in [3.8, 4) is 0 Å². The number of sulfonamides is 1. The van der Waals surface area contributed by atoms with E-state index >= 15 is 0 Å². The van der Waals surface area contributed by atoms with Crippen molar-refractivity contribution in [3.63, 3.8) is 0 Å². The number of rotatable bonds is 11. The summed E-state index contributed by atoms with van der Waals surface area (Å²) in [6.45, 7) is 9.27. The molecule has 3 N–H and O–H groups in total. The van der Waals surface area contributed by atoms with Crippen molar-refractivity contribution in [2.75, 3.05) is 51.6 Å². The molecule has 9 heteroatoms. The minimum atomic E-state index is -3.32. The number of aliphatic imine (C=N–C) groups is 1. The van der Waals surface area contributed by atoms with Crippen LogP contribution >= 0.6 is 0 Å². The third-order valence-corrected chi connectivity index (χ3v) is 7.04. The Hall–Kier alpha value is -0.900. The summed E-state index contributed by atoms with van der Waals surface area (Å²) in [7, 11) is -3.32. The lowest BCUT2D eigenvalue weighted by molar-refractivity contribution is 0.0200. The van der Waals surface area contributed by atoms with E-state index in [9.17, 15) is 8.42 Å². The molecule has 2 aliphatic rings. The van der Waals surface area contributed by atoms with Gasteiger partial charge in [0.2, 0.25) is 10.0 Å². The fourth-order valence-electron chi connectivity index (χ4n) is 4.01. The number of piperidine rings is 1. The quantitative estimate of drug-likeness (QED) is 0.337. The first-order chi connectivity index (χ1) is 14.0. The molecule has 2 heterocycles. The SMILES string of the molecule is CCNC(=NCCN1CCCCC1CC)NCCS(=O)(=O)NCC1CCCCO1. The van der Waals surface area contributed by atoms with Crippen LogP contribution in [0.5, 0.6) is 0 Å². The highest BCUT2D eigenvalue weighted by atomic mass is 32.2. The van der Waals surface area contributed by atoms with E-state index in [0.29, 0.717) is 25.1 Å². The second-order valence-corrected chi connectivity index (χ2v) is 9.86. The van der Waals surface area contributed by atoms with Crippen LogP contribution in [0.15, 0.2) is 4.99 Å². The zero-order valence-corrected chi connectivity index (χ0v) is 19.1. The highest BCUT2D eigenvalue weighted by Gasteiger charge is 2.20. The zero-order valence-electron chi connectivity index (χ0n) is 18.3. The number of hydrogen-bond donors (Lipinski definition) is 3. The lowest BCUT2D eigenvalue weighted by Crippen LogP contribution is -2.43. The normalized spacial score (nSPS) is 24.4. The first-order valence-electron chi connectivity index (χ1n) is 11.4. The van der Waals surface area contributed by atoms with Gasteiger partial charge < -0.3 is 15.4 Å². The second kappa shape index (κ2) is 13.4. The Morgan fingerprint density at radius 1 is 1.14 bits per heavy atom. The van der Waals surface area contributed by atoms with Crippen LogP contribution in [0.3, 0.4) is 0 Å². The van der Waals surface area contributed by atoms with E-state index in [-0.39, 0.29) is 11.9 Å². The van der Waals surface area contributed by atoms with Crippen molar-refractivity contribution in [2.45, 2.75) is 70.9 Å². The number of guanidine groups is 1.